The highest BCUT2D eigenvalue weighted by Gasteiger charge is 2.23. The summed E-state index contributed by atoms with van der Waals surface area (Å²) in [7, 11) is 0. The largest absolute Gasteiger partial charge is 0.309 e. The Labute approximate surface area is 356 Å². The maximum atomic E-state index is 5.29. The van der Waals surface area contributed by atoms with E-state index in [1.165, 1.54) is 10.8 Å². The summed E-state index contributed by atoms with van der Waals surface area (Å²) in [5.41, 5.74) is 11.9. The van der Waals surface area contributed by atoms with E-state index in [0.717, 1.165) is 77.7 Å². The van der Waals surface area contributed by atoms with Crippen LogP contribution in [0.2, 0.25) is 0 Å². The van der Waals surface area contributed by atoms with Crippen molar-refractivity contribution in [1.82, 2.24) is 34.1 Å². The maximum Gasteiger partial charge on any atom is 0.238 e. The van der Waals surface area contributed by atoms with E-state index >= 15 is 0 Å². The number of rotatable bonds is 7. The van der Waals surface area contributed by atoms with E-state index < -0.39 is 0 Å². The van der Waals surface area contributed by atoms with Gasteiger partial charge in [0.1, 0.15) is 0 Å². The fraction of sp³-hybridized carbons (Fsp3) is 0. The first-order valence-electron chi connectivity index (χ1n) is 20.7. The average molecular weight is 794 g/mol. The number of hydrogen-bond acceptors (Lipinski definition) is 5. The minimum absolute atomic E-state index is 0.539. The molecule has 12 aromatic rings. The molecule has 0 amide bonds. The van der Waals surface area contributed by atoms with Gasteiger partial charge >= 0.3 is 0 Å². The van der Waals surface area contributed by atoms with Crippen LogP contribution >= 0.6 is 0 Å². The Kier molecular flexibility index (Phi) is 8.35. The number of nitrogens with zero attached hydrogens (tertiary/aromatic N) is 7. The second-order valence-electron chi connectivity index (χ2n) is 15.3. The molecule has 0 saturated carbocycles. The minimum atomic E-state index is 0.539. The molecule has 7 nitrogen and oxygen atoms in total. The molecule has 4 heterocycles. The van der Waals surface area contributed by atoms with Crippen LogP contribution in [0.3, 0.4) is 0 Å². The van der Waals surface area contributed by atoms with Gasteiger partial charge in [-0.25, -0.2) is 15.0 Å². The van der Waals surface area contributed by atoms with E-state index in [1.54, 1.807) is 0 Å². The van der Waals surface area contributed by atoms with Crippen LogP contribution in [0.1, 0.15) is 0 Å². The zero-order valence-corrected chi connectivity index (χ0v) is 33.3. The zero-order valence-electron chi connectivity index (χ0n) is 33.3. The summed E-state index contributed by atoms with van der Waals surface area (Å²) in [6, 6.07) is 73.1. The molecule has 7 heteroatoms. The molecule has 8 aromatic carbocycles. The Bertz CT molecular complexity index is 3540. The van der Waals surface area contributed by atoms with E-state index in [2.05, 4.69) is 155 Å². The molecule has 0 bridgehead atoms. The molecule has 0 atom stereocenters. The molecule has 0 unspecified atom stereocenters. The lowest BCUT2D eigenvalue weighted by molar-refractivity contribution is 0.953. The monoisotopic (exact) mass is 793 g/mol. The summed E-state index contributed by atoms with van der Waals surface area (Å²) < 4.78 is 4.58. The van der Waals surface area contributed by atoms with Crippen molar-refractivity contribution in [2.45, 2.75) is 0 Å². The van der Waals surface area contributed by atoms with Gasteiger partial charge in [0.2, 0.25) is 5.95 Å². The molecule has 0 aliphatic carbocycles. The van der Waals surface area contributed by atoms with Gasteiger partial charge in [-0.2, -0.15) is 9.97 Å². The first-order chi connectivity index (χ1) is 30.7. The van der Waals surface area contributed by atoms with Crippen molar-refractivity contribution in [2.24, 2.45) is 0 Å². The van der Waals surface area contributed by atoms with Crippen molar-refractivity contribution in [2.75, 3.05) is 0 Å². The third-order valence-corrected chi connectivity index (χ3v) is 11.6. The lowest BCUT2D eigenvalue weighted by atomic mass is 10.1. The van der Waals surface area contributed by atoms with Gasteiger partial charge in [0.05, 0.1) is 33.5 Å². The van der Waals surface area contributed by atoms with Crippen LogP contribution in [0.4, 0.5) is 0 Å². The SMILES string of the molecule is c1ccc(-c2cc(-c3ccccc3)nc(-c3ccc(-c4nc(-c5ccccc5)nc(-n5c6ccccc6c6c5ccc5c7ccccc7n(-c7ccccc7)c56)n4)cc3)n2)cc1. The first-order valence-corrected chi connectivity index (χ1v) is 20.7. The molecular weight excluding hydrogens is 759 g/mol. The summed E-state index contributed by atoms with van der Waals surface area (Å²) in [5.74, 6) is 2.33. The predicted octanol–water partition coefficient (Wildman–Crippen LogP) is 13.2. The zero-order chi connectivity index (χ0) is 41.0. The predicted molar refractivity (Wildman–Crippen MR) is 251 cm³/mol. The number of hydrogen-bond donors (Lipinski definition) is 0. The lowest BCUT2D eigenvalue weighted by Gasteiger charge is -2.12. The van der Waals surface area contributed by atoms with Crippen LogP contribution in [0.15, 0.2) is 212 Å². The van der Waals surface area contributed by atoms with Gasteiger partial charge in [-0.05, 0) is 36.4 Å². The van der Waals surface area contributed by atoms with Crippen molar-refractivity contribution in [3.8, 4) is 68.3 Å². The highest BCUT2D eigenvalue weighted by molar-refractivity contribution is 6.26. The van der Waals surface area contributed by atoms with Gasteiger partial charge in [0.25, 0.3) is 0 Å². The molecule has 0 saturated heterocycles. The van der Waals surface area contributed by atoms with Crippen molar-refractivity contribution in [3.63, 3.8) is 0 Å². The molecule has 62 heavy (non-hydrogen) atoms. The molecule has 12 rings (SSSR count). The van der Waals surface area contributed by atoms with Crippen LogP contribution < -0.4 is 0 Å². The Morgan fingerprint density at radius 1 is 0.290 bits per heavy atom. The Morgan fingerprint density at radius 2 is 0.742 bits per heavy atom. The van der Waals surface area contributed by atoms with Gasteiger partial charge in [-0.3, -0.25) is 4.57 Å². The van der Waals surface area contributed by atoms with Crippen molar-refractivity contribution < 1.29 is 0 Å². The average Bonchev–Trinajstić information content (AvgIpc) is 3.88. The van der Waals surface area contributed by atoms with E-state index in [1.807, 2.05) is 66.7 Å². The van der Waals surface area contributed by atoms with Gasteiger partial charge in [-0.1, -0.05) is 176 Å². The van der Waals surface area contributed by atoms with Crippen molar-refractivity contribution >= 4 is 43.6 Å². The quantitative estimate of drug-likeness (QED) is 0.161. The van der Waals surface area contributed by atoms with Crippen LogP contribution in [0.5, 0.6) is 0 Å². The van der Waals surface area contributed by atoms with E-state index in [9.17, 15) is 0 Å². The Morgan fingerprint density at radius 3 is 1.32 bits per heavy atom. The molecule has 0 aliphatic heterocycles. The topological polar surface area (TPSA) is 74.3 Å². The Balaban J connectivity index is 1.05. The van der Waals surface area contributed by atoms with Crippen molar-refractivity contribution in [3.05, 3.63) is 212 Å². The molecule has 290 valence electrons. The summed E-state index contributed by atoms with van der Waals surface area (Å²) in [6.45, 7) is 0. The highest BCUT2D eigenvalue weighted by Crippen LogP contribution is 2.42. The van der Waals surface area contributed by atoms with Crippen LogP contribution in [0.25, 0.3) is 112 Å². The molecule has 4 aromatic heterocycles. The molecule has 0 radical (unpaired) electrons. The fourth-order valence-corrected chi connectivity index (χ4v) is 8.74. The van der Waals surface area contributed by atoms with Crippen molar-refractivity contribution in [1.29, 1.82) is 0 Å². The summed E-state index contributed by atoms with van der Waals surface area (Å²) in [5, 5.41) is 4.65. The number of aromatic nitrogens is 7. The number of para-hydroxylation sites is 3. The summed E-state index contributed by atoms with van der Waals surface area (Å²) in [6.07, 6.45) is 0. The number of fused-ring (bicyclic) bond motifs is 7. The van der Waals surface area contributed by atoms with Gasteiger partial charge in [-0.15, -0.1) is 0 Å². The normalized spacial score (nSPS) is 11.5. The molecule has 0 spiro atoms. The number of benzene rings is 8. The Hall–Kier alpha value is -8.55. The fourth-order valence-electron chi connectivity index (χ4n) is 8.74. The van der Waals surface area contributed by atoms with Crippen LogP contribution in [0, 0.1) is 0 Å². The lowest BCUT2D eigenvalue weighted by Crippen LogP contribution is -2.06. The van der Waals surface area contributed by atoms with E-state index in [4.69, 9.17) is 24.9 Å². The van der Waals surface area contributed by atoms with Gasteiger partial charge in [0.15, 0.2) is 17.5 Å². The highest BCUT2D eigenvalue weighted by atomic mass is 15.2. The minimum Gasteiger partial charge on any atom is -0.309 e. The van der Waals surface area contributed by atoms with Gasteiger partial charge in [0, 0.05) is 55.0 Å². The van der Waals surface area contributed by atoms with Gasteiger partial charge < -0.3 is 4.57 Å². The third-order valence-electron chi connectivity index (χ3n) is 11.6. The summed E-state index contributed by atoms with van der Waals surface area (Å²) >= 11 is 0. The molecular formula is C55H35N7. The smallest absolute Gasteiger partial charge is 0.238 e. The second kappa shape index (κ2) is 14.6. The second-order valence-corrected chi connectivity index (χ2v) is 15.3. The summed E-state index contributed by atoms with van der Waals surface area (Å²) in [4.78, 5) is 25.8. The first kappa shape index (κ1) is 35.4. The molecule has 0 N–H and O–H groups in total. The van der Waals surface area contributed by atoms with E-state index in [-0.39, 0.29) is 0 Å². The third kappa shape index (κ3) is 5.94. The standard InChI is InChI=1S/C55H35N7/c1-5-17-36(18-6-1)45-35-46(37-19-7-2-8-20-37)57-52(56-45)39-29-31-40(32-30-39)54-58-53(38-21-9-3-10-22-38)59-55(60-54)62-48-28-16-14-26-44(48)50-49(62)34-33-43-42-25-13-15-27-47(42)61(51(43)50)41-23-11-4-12-24-41/h1-35H. The molecule has 0 aliphatic rings. The molecule has 0 fully saturated rings. The van der Waals surface area contributed by atoms with Crippen LogP contribution in [-0.2, 0) is 0 Å². The van der Waals surface area contributed by atoms with Crippen LogP contribution in [-0.4, -0.2) is 34.1 Å². The maximum absolute atomic E-state index is 5.29. The van der Waals surface area contributed by atoms with E-state index in [0.29, 0.717) is 23.4 Å².